The standard InChI is InChI=1S/C40H47N7O8S2/c1-6-25-21-40(25,38(50)45-57(51,52)28-17-18-28)44-36(49)30-20-27(22-47(30)32(48)12-9-19-41-39(56)46(4)5)54-37-34-33(29-10-7-8-11-31(29)55-34)42-35(43-37)24-13-15-26(16-14-24)53-23(2)3/h6-8,10-11,13-16,23,25,27-28,30H,1,9,12,17-22H2,2-5H3,(H,41,56)(H,44,49)(H,45,50)/t25-,27-,30+,40?/m1/s1. The number of furan rings is 1. The Hall–Kier alpha value is -5.29. The summed E-state index contributed by atoms with van der Waals surface area (Å²) >= 11 is 5.31. The van der Waals surface area contributed by atoms with Crippen LogP contribution in [0.3, 0.4) is 0 Å². The van der Waals surface area contributed by atoms with Crippen molar-refractivity contribution < 1.29 is 36.7 Å². The predicted molar refractivity (Wildman–Crippen MR) is 218 cm³/mol. The van der Waals surface area contributed by atoms with Gasteiger partial charge in [-0.3, -0.25) is 19.1 Å². The van der Waals surface area contributed by atoms with Gasteiger partial charge in [-0.15, -0.1) is 6.58 Å². The molecule has 1 aliphatic heterocycles. The molecular formula is C40H47N7O8S2. The van der Waals surface area contributed by atoms with E-state index in [1.165, 1.54) is 11.0 Å². The number of carbonyl (C=O) groups is 3. The Balaban J connectivity index is 1.17. The summed E-state index contributed by atoms with van der Waals surface area (Å²) in [4.78, 5) is 54.5. The number of benzene rings is 2. The van der Waals surface area contributed by atoms with Crippen molar-refractivity contribution in [3.63, 3.8) is 0 Å². The van der Waals surface area contributed by atoms with E-state index in [9.17, 15) is 22.8 Å². The molecular weight excluding hydrogens is 771 g/mol. The fraction of sp³-hybridized carbons (Fsp3) is 0.450. The van der Waals surface area contributed by atoms with Crippen molar-refractivity contribution in [2.75, 3.05) is 27.2 Å². The van der Waals surface area contributed by atoms with E-state index in [4.69, 9.17) is 36.1 Å². The summed E-state index contributed by atoms with van der Waals surface area (Å²) < 4.78 is 46.2. The highest BCUT2D eigenvalue weighted by Crippen LogP contribution is 2.45. The van der Waals surface area contributed by atoms with E-state index in [0.29, 0.717) is 64.7 Å². The third kappa shape index (κ3) is 8.54. The number of sulfonamides is 1. The Morgan fingerprint density at radius 1 is 1.12 bits per heavy atom. The van der Waals surface area contributed by atoms with Gasteiger partial charge in [0.25, 0.3) is 11.8 Å². The number of thiocarbonyl (C=S) groups is 1. The Labute approximate surface area is 336 Å². The lowest BCUT2D eigenvalue weighted by molar-refractivity contribution is -0.139. The maximum absolute atomic E-state index is 14.2. The zero-order valence-electron chi connectivity index (χ0n) is 32.3. The number of fused-ring (bicyclic) bond motifs is 3. The summed E-state index contributed by atoms with van der Waals surface area (Å²) in [6, 6.07) is 13.8. The molecule has 1 saturated heterocycles. The zero-order chi connectivity index (χ0) is 40.6. The van der Waals surface area contributed by atoms with Crippen molar-refractivity contribution in [2.45, 2.75) is 81.4 Å². The molecule has 0 bridgehead atoms. The molecule has 1 unspecified atom stereocenters. The molecule has 2 aromatic heterocycles. The van der Waals surface area contributed by atoms with E-state index in [0.717, 1.165) is 5.39 Å². The fourth-order valence-corrected chi connectivity index (χ4v) is 8.52. The normalized spacial score (nSPS) is 21.6. The Kier molecular flexibility index (Phi) is 11.2. The van der Waals surface area contributed by atoms with Crippen LogP contribution in [0.4, 0.5) is 0 Å². The van der Waals surface area contributed by atoms with E-state index < -0.39 is 50.7 Å². The summed E-state index contributed by atoms with van der Waals surface area (Å²) in [5.74, 6) is -0.997. The molecule has 7 rings (SSSR count). The number of ether oxygens (including phenoxy) is 2. The number of carbonyl (C=O) groups excluding carboxylic acids is 3. The van der Waals surface area contributed by atoms with Gasteiger partial charge in [0.15, 0.2) is 10.9 Å². The van der Waals surface area contributed by atoms with Crippen molar-refractivity contribution in [2.24, 2.45) is 5.92 Å². The molecule has 302 valence electrons. The van der Waals surface area contributed by atoms with Crippen LogP contribution in [-0.2, 0) is 24.4 Å². The second kappa shape index (κ2) is 15.9. The van der Waals surface area contributed by atoms with Crippen LogP contribution in [-0.4, -0.2) is 107 Å². The molecule has 2 saturated carbocycles. The number of aromatic nitrogens is 2. The maximum Gasteiger partial charge on any atom is 0.262 e. The average Bonchev–Trinajstić information content (AvgIpc) is 4.08. The first-order valence-electron chi connectivity index (χ1n) is 19.1. The molecule has 2 aromatic carbocycles. The lowest BCUT2D eigenvalue weighted by atomic mass is 10.1. The van der Waals surface area contributed by atoms with Crippen LogP contribution in [0.2, 0.25) is 0 Å². The molecule has 3 N–H and O–H groups in total. The number of amides is 3. The predicted octanol–water partition coefficient (Wildman–Crippen LogP) is 4.06. The van der Waals surface area contributed by atoms with E-state index in [1.54, 1.807) is 4.90 Å². The number of rotatable bonds is 15. The van der Waals surface area contributed by atoms with Crippen LogP contribution in [0.5, 0.6) is 11.6 Å². The van der Waals surface area contributed by atoms with Gasteiger partial charge in [0, 0.05) is 50.3 Å². The van der Waals surface area contributed by atoms with Gasteiger partial charge in [0.2, 0.25) is 27.4 Å². The molecule has 4 aromatic rings. The van der Waals surface area contributed by atoms with Gasteiger partial charge >= 0.3 is 0 Å². The Morgan fingerprint density at radius 3 is 2.53 bits per heavy atom. The zero-order valence-corrected chi connectivity index (χ0v) is 34.0. The monoisotopic (exact) mass is 817 g/mol. The number of nitrogens with one attached hydrogen (secondary N) is 3. The minimum atomic E-state index is -3.88. The molecule has 17 heteroatoms. The van der Waals surface area contributed by atoms with Gasteiger partial charge in [0.05, 0.1) is 17.9 Å². The Morgan fingerprint density at radius 2 is 1.86 bits per heavy atom. The Bertz CT molecular complexity index is 2330. The SMILES string of the molecule is C=C[C@@H]1CC1(NC(=O)[C@@H]1C[C@@H](Oc2nc(-c3ccc(OC(C)C)cc3)nc3c2oc2ccccc23)CN1C(=O)CCCNC(=S)N(C)C)C(=O)NS(=O)(=O)C1CC1. The average molecular weight is 818 g/mol. The van der Waals surface area contributed by atoms with Crippen molar-refractivity contribution in [1.82, 2.24) is 35.1 Å². The molecule has 57 heavy (non-hydrogen) atoms. The van der Waals surface area contributed by atoms with Crippen molar-refractivity contribution in [1.29, 1.82) is 0 Å². The minimum Gasteiger partial charge on any atom is -0.491 e. The summed E-state index contributed by atoms with van der Waals surface area (Å²) in [5, 5.41) is 6.59. The van der Waals surface area contributed by atoms with E-state index >= 15 is 0 Å². The van der Waals surface area contributed by atoms with Crippen LogP contribution in [0.25, 0.3) is 33.5 Å². The summed E-state index contributed by atoms with van der Waals surface area (Å²) in [5.41, 5.74) is 0.626. The third-order valence-corrected chi connectivity index (χ3v) is 12.7. The molecule has 3 amide bonds. The van der Waals surface area contributed by atoms with Gasteiger partial charge in [-0.05, 0) is 88.1 Å². The number of hydrogen-bond donors (Lipinski definition) is 3. The summed E-state index contributed by atoms with van der Waals surface area (Å²) in [6.45, 7) is 8.16. The first-order chi connectivity index (χ1) is 27.2. The topological polar surface area (TPSA) is 185 Å². The van der Waals surface area contributed by atoms with Crippen LogP contribution in [0.15, 0.2) is 65.6 Å². The van der Waals surface area contributed by atoms with Gasteiger partial charge in [-0.1, -0.05) is 18.2 Å². The highest BCUT2D eigenvalue weighted by atomic mass is 32.2. The van der Waals surface area contributed by atoms with Gasteiger partial charge in [-0.2, -0.15) is 4.98 Å². The summed E-state index contributed by atoms with van der Waals surface area (Å²) in [7, 11) is -0.248. The number of likely N-dealkylation sites (tertiary alicyclic amines) is 1. The largest absolute Gasteiger partial charge is 0.491 e. The van der Waals surface area contributed by atoms with Gasteiger partial charge in [0.1, 0.15) is 34.5 Å². The second-order valence-corrected chi connectivity index (χ2v) is 17.6. The molecule has 3 heterocycles. The van der Waals surface area contributed by atoms with Gasteiger partial charge in [-0.25, -0.2) is 13.4 Å². The second-order valence-electron chi connectivity index (χ2n) is 15.3. The maximum atomic E-state index is 14.2. The smallest absolute Gasteiger partial charge is 0.262 e. The molecule has 4 atom stereocenters. The van der Waals surface area contributed by atoms with E-state index in [1.807, 2.05) is 76.5 Å². The first kappa shape index (κ1) is 39.9. The summed E-state index contributed by atoms with van der Waals surface area (Å²) in [6.07, 6.45) is 2.50. The van der Waals surface area contributed by atoms with Gasteiger partial charge < -0.3 is 34.3 Å². The van der Waals surface area contributed by atoms with Crippen LogP contribution >= 0.6 is 12.2 Å². The van der Waals surface area contributed by atoms with Crippen LogP contribution < -0.4 is 24.8 Å². The molecule has 2 aliphatic carbocycles. The fourth-order valence-electron chi connectivity index (χ4n) is 7.05. The van der Waals surface area contributed by atoms with Crippen molar-refractivity contribution in [3.05, 3.63) is 61.2 Å². The van der Waals surface area contributed by atoms with Crippen LogP contribution in [0.1, 0.15) is 52.4 Å². The lowest BCUT2D eigenvalue weighted by Crippen LogP contribution is -2.56. The molecule has 3 aliphatic rings. The van der Waals surface area contributed by atoms with Crippen molar-refractivity contribution in [3.8, 4) is 23.0 Å². The van der Waals surface area contributed by atoms with E-state index in [2.05, 4.69) is 21.9 Å². The minimum absolute atomic E-state index is 0.00121. The number of para-hydroxylation sites is 1. The highest BCUT2D eigenvalue weighted by molar-refractivity contribution is 7.91. The number of hydrogen-bond acceptors (Lipinski definition) is 11. The quantitative estimate of drug-likeness (QED) is 0.0888. The van der Waals surface area contributed by atoms with Crippen LogP contribution in [0, 0.1) is 5.92 Å². The van der Waals surface area contributed by atoms with Crippen molar-refractivity contribution >= 4 is 67.1 Å². The number of nitrogens with zero attached hydrogens (tertiary/aromatic N) is 4. The highest BCUT2D eigenvalue weighted by Gasteiger charge is 2.62. The molecule has 3 fully saturated rings. The van der Waals surface area contributed by atoms with E-state index in [-0.39, 0.29) is 43.7 Å². The first-order valence-corrected chi connectivity index (χ1v) is 21.0. The molecule has 15 nitrogen and oxygen atoms in total. The molecule has 0 spiro atoms. The molecule has 0 radical (unpaired) electrons. The lowest BCUT2D eigenvalue weighted by Gasteiger charge is -2.26. The third-order valence-electron chi connectivity index (χ3n) is 10.3.